The SMILES string of the molecule is Cc1cccc(C)c1OCc1cc(C#CCCO)cs1. The average molecular weight is 286 g/mol. The molecule has 2 rings (SSSR count). The smallest absolute Gasteiger partial charge is 0.125 e. The zero-order valence-corrected chi connectivity index (χ0v) is 12.6. The molecule has 0 saturated heterocycles. The Morgan fingerprint density at radius 2 is 2.00 bits per heavy atom. The highest BCUT2D eigenvalue weighted by atomic mass is 32.1. The van der Waals surface area contributed by atoms with Crippen LogP contribution >= 0.6 is 11.3 Å². The van der Waals surface area contributed by atoms with Gasteiger partial charge in [0.1, 0.15) is 12.4 Å². The molecule has 0 radical (unpaired) electrons. The van der Waals surface area contributed by atoms with Gasteiger partial charge in [0.2, 0.25) is 0 Å². The second kappa shape index (κ2) is 7.14. The van der Waals surface area contributed by atoms with Crippen molar-refractivity contribution in [3.05, 3.63) is 51.2 Å². The third-order valence-electron chi connectivity index (χ3n) is 2.89. The predicted molar refractivity (Wildman–Crippen MR) is 83.1 cm³/mol. The van der Waals surface area contributed by atoms with Crippen LogP contribution in [0.3, 0.4) is 0 Å². The van der Waals surface area contributed by atoms with Crippen molar-refractivity contribution in [3.8, 4) is 17.6 Å². The van der Waals surface area contributed by atoms with Crippen molar-refractivity contribution in [2.45, 2.75) is 26.9 Å². The highest BCUT2D eigenvalue weighted by Gasteiger charge is 2.04. The molecule has 0 aliphatic rings. The zero-order valence-electron chi connectivity index (χ0n) is 11.8. The second-order valence-electron chi connectivity index (χ2n) is 4.59. The molecule has 0 aliphatic carbocycles. The number of para-hydroxylation sites is 1. The molecule has 20 heavy (non-hydrogen) atoms. The Kier molecular flexibility index (Phi) is 5.23. The molecule has 104 valence electrons. The van der Waals surface area contributed by atoms with E-state index in [0.29, 0.717) is 13.0 Å². The van der Waals surface area contributed by atoms with Crippen molar-refractivity contribution >= 4 is 11.3 Å². The van der Waals surface area contributed by atoms with Gasteiger partial charge in [0.25, 0.3) is 0 Å². The van der Waals surface area contributed by atoms with Crippen LogP contribution in [0.15, 0.2) is 29.6 Å². The third-order valence-corrected chi connectivity index (χ3v) is 3.80. The maximum atomic E-state index is 8.69. The molecular weight excluding hydrogens is 268 g/mol. The third kappa shape index (κ3) is 3.86. The van der Waals surface area contributed by atoms with Gasteiger partial charge in [-0.1, -0.05) is 30.0 Å². The minimum Gasteiger partial charge on any atom is -0.488 e. The van der Waals surface area contributed by atoms with Gasteiger partial charge < -0.3 is 9.84 Å². The van der Waals surface area contributed by atoms with E-state index in [1.165, 1.54) is 0 Å². The lowest BCUT2D eigenvalue weighted by atomic mass is 10.1. The second-order valence-corrected chi connectivity index (χ2v) is 5.58. The predicted octanol–water partition coefficient (Wildman–Crippen LogP) is 3.68. The van der Waals surface area contributed by atoms with Gasteiger partial charge in [-0.3, -0.25) is 0 Å². The molecule has 0 amide bonds. The summed E-state index contributed by atoms with van der Waals surface area (Å²) in [5.74, 6) is 6.92. The van der Waals surface area contributed by atoms with E-state index < -0.39 is 0 Å². The summed E-state index contributed by atoms with van der Waals surface area (Å²) in [5, 5.41) is 10.7. The Hall–Kier alpha value is -1.76. The van der Waals surface area contributed by atoms with Crippen LogP contribution in [0.1, 0.15) is 28.0 Å². The van der Waals surface area contributed by atoms with Crippen LogP contribution in [0.25, 0.3) is 0 Å². The standard InChI is InChI=1S/C17H18O2S/c1-13-6-5-7-14(2)17(13)19-11-16-10-15(12-20-16)8-3-4-9-18/h5-7,10,12,18H,4,9,11H2,1-2H3. The lowest BCUT2D eigenvalue weighted by Gasteiger charge is -2.10. The van der Waals surface area contributed by atoms with Gasteiger partial charge in [0, 0.05) is 22.2 Å². The molecule has 0 unspecified atom stereocenters. The van der Waals surface area contributed by atoms with Crippen molar-refractivity contribution in [1.29, 1.82) is 0 Å². The van der Waals surface area contributed by atoms with Crippen molar-refractivity contribution < 1.29 is 9.84 Å². The molecule has 0 saturated carbocycles. The molecule has 0 atom stereocenters. The Morgan fingerprint density at radius 3 is 2.70 bits per heavy atom. The molecule has 0 spiro atoms. The molecule has 0 bridgehead atoms. The summed E-state index contributed by atoms with van der Waals surface area (Å²) < 4.78 is 5.91. The zero-order chi connectivity index (χ0) is 14.4. The van der Waals surface area contributed by atoms with E-state index in [-0.39, 0.29) is 6.61 Å². The average Bonchev–Trinajstić information content (AvgIpc) is 2.86. The van der Waals surface area contributed by atoms with E-state index in [2.05, 4.69) is 37.8 Å². The van der Waals surface area contributed by atoms with Crippen LogP contribution in [0.2, 0.25) is 0 Å². The van der Waals surface area contributed by atoms with Crippen molar-refractivity contribution in [2.75, 3.05) is 6.61 Å². The Balaban J connectivity index is 2.00. The van der Waals surface area contributed by atoms with Crippen LogP contribution in [-0.4, -0.2) is 11.7 Å². The summed E-state index contributed by atoms with van der Waals surface area (Å²) in [6.07, 6.45) is 0.518. The van der Waals surface area contributed by atoms with Crippen LogP contribution in [-0.2, 0) is 6.61 Å². The molecule has 1 N–H and O–H groups in total. The molecule has 0 fully saturated rings. The Bertz CT molecular complexity index is 612. The van der Waals surface area contributed by atoms with E-state index in [1.54, 1.807) is 11.3 Å². The van der Waals surface area contributed by atoms with E-state index in [0.717, 1.165) is 27.3 Å². The summed E-state index contributed by atoms with van der Waals surface area (Å²) in [5.41, 5.74) is 3.30. The van der Waals surface area contributed by atoms with Gasteiger partial charge in [-0.2, -0.15) is 0 Å². The highest BCUT2D eigenvalue weighted by molar-refractivity contribution is 7.10. The number of ether oxygens (including phenoxy) is 1. The number of hydrogen-bond acceptors (Lipinski definition) is 3. The lowest BCUT2D eigenvalue weighted by molar-refractivity contribution is 0.305. The van der Waals surface area contributed by atoms with Gasteiger partial charge in [-0.15, -0.1) is 11.3 Å². The summed E-state index contributed by atoms with van der Waals surface area (Å²) in [6.45, 7) is 4.79. The first-order valence-corrected chi connectivity index (χ1v) is 7.45. The van der Waals surface area contributed by atoms with Crippen LogP contribution < -0.4 is 4.74 Å². The maximum Gasteiger partial charge on any atom is 0.125 e. The summed E-state index contributed by atoms with van der Waals surface area (Å²) in [4.78, 5) is 1.15. The quantitative estimate of drug-likeness (QED) is 0.869. The molecule has 1 aromatic carbocycles. The summed E-state index contributed by atoms with van der Waals surface area (Å²) in [7, 11) is 0. The van der Waals surface area contributed by atoms with E-state index >= 15 is 0 Å². The number of rotatable bonds is 4. The molecule has 0 aliphatic heterocycles. The molecule has 3 heteroatoms. The monoisotopic (exact) mass is 286 g/mol. The van der Waals surface area contributed by atoms with Gasteiger partial charge in [-0.25, -0.2) is 0 Å². The molecule has 1 heterocycles. The van der Waals surface area contributed by atoms with Crippen molar-refractivity contribution in [2.24, 2.45) is 0 Å². The largest absolute Gasteiger partial charge is 0.488 e. The minimum absolute atomic E-state index is 0.111. The molecule has 2 nitrogen and oxygen atoms in total. The van der Waals surface area contributed by atoms with Gasteiger partial charge >= 0.3 is 0 Å². The van der Waals surface area contributed by atoms with E-state index in [4.69, 9.17) is 9.84 Å². The molecule has 1 aromatic heterocycles. The van der Waals surface area contributed by atoms with Crippen molar-refractivity contribution in [3.63, 3.8) is 0 Å². The van der Waals surface area contributed by atoms with Crippen LogP contribution in [0.4, 0.5) is 0 Å². The van der Waals surface area contributed by atoms with Gasteiger partial charge in [0.05, 0.1) is 6.61 Å². The number of aliphatic hydroxyl groups excluding tert-OH is 1. The van der Waals surface area contributed by atoms with Gasteiger partial charge in [0.15, 0.2) is 0 Å². The first kappa shape index (κ1) is 14.6. The number of aliphatic hydroxyl groups is 1. The number of benzene rings is 1. The maximum absolute atomic E-state index is 8.69. The Morgan fingerprint density at radius 1 is 1.25 bits per heavy atom. The fourth-order valence-corrected chi connectivity index (χ4v) is 2.64. The first-order chi connectivity index (χ1) is 9.70. The summed E-state index contributed by atoms with van der Waals surface area (Å²) >= 11 is 1.65. The Labute approximate surface area is 124 Å². The fourth-order valence-electron chi connectivity index (χ4n) is 1.91. The lowest BCUT2D eigenvalue weighted by Crippen LogP contribution is -1.97. The number of aryl methyl sites for hydroxylation is 2. The summed E-state index contributed by atoms with van der Waals surface area (Å²) in [6, 6.07) is 8.20. The first-order valence-electron chi connectivity index (χ1n) is 6.57. The number of thiophene rings is 1. The number of hydrogen-bond donors (Lipinski definition) is 1. The van der Waals surface area contributed by atoms with Crippen LogP contribution in [0.5, 0.6) is 5.75 Å². The topological polar surface area (TPSA) is 29.5 Å². The fraction of sp³-hybridized carbons (Fsp3) is 0.294. The van der Waals surface area contributed by atoms with E-state index in [1.807, 2.05) is 17.5 Å². The van der Waals surface area contributed by atoms with Crippen molar-refractivity contribution in [1.82, 2.24) is 0 Å². The van der Waals surface area contributed by atoms with Gasteiger partial charge in [-0.05, 0) is 31.0 Å². The minimum atomic E-state index is 0.111. The highest BCUT2D eigenvalue weighted by Crippen LogP contribution is 2.24. The normalized spacial score (nSPS) is 9.95. The van der Waals surface area contributed by atoms with E-state index in [9.17, 15) is 0 Å². The van der Waals surface area contributed by atoms with Crippen LogP contribution in [0, 0.1) is 25.7 Å². The molecular formula is C17H18O2S. The molecule has 2 aromatic rings.